The Morgan fingerprint density at radius 1 is 1.33 bits per heavy atom. The number of nitrogens with zero attached hydrogens (tertiary/aromatic N) is 1. The van der Waals surface area contributed by atoms with Gasteiger partial charge in [-0.25, -0.2) is 0 Å². The Morgan fingerprint density at radius 3 is 2.67 bits per heavy atom. The third-order valence-electron chi connectivity index (χ3n) is 3.51. The number of rotatable bonds is 2. The van der Waals surface area contributed by atoms with Gasteiger partial charge in [0, 0.05) is 12.6 Å². The lowest BCUT2D eigenvalue weighted by Crippen LogP contribution is -2.43. The van der Waals surface area contributed by atoms with E-state index in [0.717, 1.165) is 24.4 Å². The lowest BCUT2D eigenvalue weighted by Gasteiger charge is -2.36. The first-order valence-corrected chi connectivity index (χ1v) is 5.25. The van der Waals surface area contributed by atoms with Gasteiger partial charge in [0.05, 0.1) is 0 Å². The molecule has 2 fully saturated rings. The Balaban J connectivity index is 1.87. The van der Waals surface area contributed by atoms with E-state index in [-0.39, 0.29) is 0 Å². The van der Waals surface area contributed by atoms with Gasteiger partial charge in [0.25, 0.3) is 0 Å². The highest BCUT2D eigenvalue weighted by Crippen LogP contribution is 2.32. The van der Waals surface area contributed by atoms with Crippen LogP contribution < -0.4 is 5.73 Å². The average Bonchev–Trinajstić information content (AvgIpc) is 2.88. The second-order valence-corrected chi connectivity index (χ2v) is 4.49. The maximum Gasteiger partial charge on any atom is 0.00965 e. The Labute approximate surface area is 75.1 Å². The van der Waals surface area contributed by atoms with Gasteiger partial charge in [-0.05, 0) is 44.2 Å². The quantitative estimate of drug-likeness (QED) is 0.668. The fourth-order valence-corrected chi connectivity index (χ4v) is 2.26. The van der Waals surface area contributed by atoms with E-state index in [0.29, 0.717) is 0 Å². The van der Waals surface area contributed by atoms with Crippen molar-refractivity contribution in [1.82, 2.24) is 4.90 Å². The molecule has 2 N–H and O–H groups in total. The van der Waals surface area contributed by atoms with Gasteiger partial charge in [0.2, 0.25) is 0 Å². The van der Waals surface area contributed by atoms with Gasteiger partial charge in [-0.3, -0.25) is 0 Å². The van der Waals surface area contributed by atoms with Crippen LogP contribution in [0, 0.1) is 11.8 Å². The first-order chi connectivity index (χ1) is 5.81. The summed E-state index contributed by atoms with van der Waals surface area (Å²) in [6.07, 6.45) is 4.23. The van der Waals surface area contributed by atoms with Gasteiger partial charge >= 0.3 is 0 Å². The fourth-order valence-electron chi connectivity index (χ4n) is 2.26. The highest BCUT2D eigenvalue weighted by atomic mass is 15.2. The Hall–Kier alpha value is -0.0800. The number of nitrogens with two attached hydrogens (primary N) is 1. The zero-order chi connectivity index (χ0) is 8.55. The number of likely N-dealkylation sites (tertiary alicyclic amines) is 1. The highest BCUT2D eigenvalue weighted by Gasteiger charge is 2.34. The fraction of sp³-hybridized carbons (Fsp3) is 1.00. The van der Waals surface area contributed by atoms with Gasteiger partial charge in [-0.1, -0.05) is 6.92 Å². The van der Waals surface area contributed by atoms with Crippen molar-refractivity contribution in [2.45, 2.75) is 32.2 Å². The molecule has 1 saturated heterocycles. The van der Waals surface area contributed by atoms with E-state index in [1.165, 1.54) is 32.4 Å². The summed E-state index contributed by atoms with van der Waals surface area (Å²) in [4.78, 5) is 2.65. The van der Waals surface area contributed by atoms with Crippen molar-refractivity contribution in [1.29, 1.82) is 0 Å². The topological polar surface area (TPSA) is 29.3 Å². The van der Waals surface area contributed by atoms with Crippen LogP contribution in [0.1, 0.15) is 26.2 Å². The number of hydrogen-bond donors (Lipinski definition) is 1. The largest absolute Gasteiger partial charge is 0.330 e. The molecular weight excluding hydrogens is 148 g/mol. The Kier molecular flexibility index (Phi) is 2.37. The molecule has 0 aromatic rings. The standard InChI is InChI=1S/C10H20N2/c1-8-4-5-12(10-2-3-10)7-9(8)6-11/h8-10H,2-7,11H2,1H3. The lowest BCUT2D eigenvalue weighted by atomic mass is 9.87. The molecule has 0 radical (unpaired) electrons. The van der Waals surface area contributed by atoms with Crippen LogP contribution in [-0.2, 0) is 0 Å². The Morgan fingerprint density at radius 2 is 2.08 bits per heavy atom. The summed E-state index contributed by atoms with van der Waals surface area (Å²) in [7, 11) is 0. The van der Waals surface area contributed by atoms with Crippen LogP contribution in [0.2, 0.25) is 0 Å². The second kappa shape index (κ2) is 3.35. The zero-order valence-corrected chi connectivity index (χ0v) is 8.00. The molecule has 1 aliphatic heterocycles. The van der Waals surface area contributed by atoms with E-state index < -0.39 is 0 Å². The third-order valence-corrected chi connectivity index (χ3v) is 3.51. The van der Waals surface area contributed by atoms with E-state index in [9.17, 15) is 0 Å². The molecule has 2 atom stereocenters. The van der Waals surface area contributed by atoms with E-state index in [2.05, 4.69) is 11.8 Å². The molecule has 2 aliphatic rings. The van der Waals surface area contributed by atoms with Crippen LogP contribution in [0.5, 0.6) is 0 Å². The molecule has 1 aliphatic carbocycles. The van der Waals surface area contributed by atoms with Crippen molar-refractivity contribution >= 4 is 0 Å². The summed E-state index contributed by atoms with van der Waals surface area (Å²) in [5.74, 6) is 1.62. The van der Waals surface area contributed by atoms with Gasteiger partial charge in [-0.15, -0.1) is 0 Å². The summed E-state index contributed by atoms with van der Waals surface area (Å²) in [6.45, 7) is 5.82. The monoisotopic (exact) mass is 168 g/mol. The molecule has 0 aromatic heterocycles. The van der Waals surface area contributed by atoms with Crippen molar-refractivity contribution < 1.29 is 0 Å². The first kappa shape index (κ1) is 8.52. The number of piperidine rings is 1. The van der Waals surface area contributed by atoms with Crippen molar-refractivity contribution in [2.75, 3.05) is 19.6 Å². The van der Waals surface area contributed by atoms with Crippen LogP contribution in [-0.4, -0.2) is 30.6 Å². The summed E-state index contributed by atoms with van der Waals surface area (Å²) in [5.41, 5.74) is 5.75. The minimum absolute atomic E-state index is 0.763. The highest BCUT2D eigenvalue weighted by molar-refractivity contribution is 4.89. The molecule has 0 spiro atoms. The van der Waals surface area contributed by atoms with Crippen LogP contribution in [0.3, 0.4) is 0 Å². The number of hydrogen-bond acceptors (Lipinski definition) is 2. The van der Waals surface area contributed by atoms with Crippen molar-refractivity contribution in [3.05, 3.63) is 0 Å². The summed E-state index contributed by atoms with van der Waals surface area (Å²) in [6, 6.07) is 0.937. The predicted octanol–water partition coefficient (Wildman–Crippen LogP) is 1.07. The van der Waals surface area contributed by atoms with E-state index in [4.69, 9.17) is 5.73 Å². The molecule has 70 valence electrons. The summed E-state index contributed by atoms with van der Waals surface area (Å²) < 4.78 is 0. The molecule has 0 aromatic carbocycles. The molecule has 2 nitrogen and oxygen atoms in total. The maximum atomic E-state index is 5.75. The van der Waals surface area contributed by atoms with Gasteiger partial charge < -0.3 is 10.6 Å². The molecular formula is C10H20N2. The SMILES string of the molecule is CC1CCN(C2CC2)CC1CN. The van der Waals surface area contributed by atoms with Crippen molar-refractivity contribution in [3.63, 3.8) is 0 Å². The molecule has 2 rings (SSSR count). The Bertz CT molecular complexity index is 154. The van der Waals surface area contributed by atoms with Crippen LogP contribution in [0.25, 0.3) is 0 Å². The van der Waals surface area contributed by atoms with Crippen LogP contribution >= 0.6 is 0 Å². The molecule has 2 unspecified atom stereocenters. The van der Waals surface area contributed by atoms with Crippen LogP contribution in [0.4, 0.5) is 0 Å². The van der Waals surface area contributed by atoms with E-state index in [1.807, 2.05) is 0 Å². The molecule has 1 saturated carbocycles. The summed E-state index contributed by atoms with van der Waals surface area (Å²) in [5, 5.41) is 0. The smallest absolute Gasteiger partial charge is 0.00965 e. The zero-order valence-electron chi connectivity index (χ0n) is 8.00. The maximum absolute atomic E-state index is 5.75. The molecule has 2 heteroatoms. The molecule has 0 bridgehead atoms. The van der Waals surface area contributed by atoms with Gasteiger partial charge in [-0.2, -0.15) is 0 Å². The summed E-state index contributed by atoms with van der Waals surface area (Å²) >= 11 is 0. The molecule has 1 heterocycles. The van der Waals surface area contributed by atoms with E-state index >= 15 is 0 Å². The lowest BCUT2D eigenvalue weighted by molar-refractivity contribution is 0.125. The first-order valence-electron chi connectivity index (χ1n) is 5.25. The normalized spacial score (nSPS) is 38.5. The van der Waals surface area contributed by atoms with Crippen LogP contribution in [0.15, 0.2) is 0 Å². The van der Waals surface area contributed by atoms with Crippen molar-refractivity contribution in [2.24, 2.45) is 17.6 Å². The third kappa shape index (κ3) is 1.64. The van der Waals surface area contributed by atoms with Crippen molar-refractivity contribution in [3.8, 4) is 0 Å². The average molecular weight is 168 g/mol. The van der Waals surface area contributed by atoms with E-state index in [1.54, 1.807) is 0 Å². The van der Waals surface area contributed by atoms with Gasteiger partial charge in [0.15, 0.2) is 0 Å². The second-order valence-electron chi connectivity index (χ2n) is 4.49. The minimum Gasteiger partial charge on any atom is -0.330 e. The molecule has 0 amide bonds. The predicted molar refractivity (Wildman–Crippen MR) is 50.9 cm³/mol. The van der Waals surface area contributed by atoms with Gasteiger partial charge in [0.1, 0.15) is 0 Å². The molecule has 12 heavy (non-hydrogen) atoms. The minimum atomic E-state index is 0.763.